The molecule has 5 heteroatoms. The molecule has 2 rings (SSSR count). The molecule has 0 saturated heterocycles. The number of ether oxygens (including phenoxy) is 1. The van der Waals surface area contributed by atoms with Gasteiger partial charge in [0.05, 0.1) is 7.11 Å². The van der Waals surface area contributed by atoms with Gasteiger partial charge in [0.15, 0.2) is 5.78 Å². The quantitative estimate of drug-likeness (QED) is 0.681. The van der Waals surface area contributed by atoms with Crippen molar-refractivity contribution in [3.63, 3.8) is 0 Å². The molecule has 0 fully saturated rings. The van der Waals surface area contributed by atoms with Crippen LogP contribution in [0.2, 0.25) is 5.02 Å². The molecule has 0 aliphatic carbocycles. The number of methoxy groups -OCH3 is 1. The van der Waals surface area contributed by atoms with E-state index >= 15 is 0 Å². The largest absolute Gasteiger partial charge is 0.468 e. The average Bonchev–Trinajstić information content (AvgIpc) is 2.53. The lowest BCUT2D eigenvalue weighted by Crippen LogP contribution is -2.17. The van der Waals surface area contributed by atoms with Crippen molar-refractivity contribution in [2.45, 2.75) is 0 Å². The van der Waals surface area contributed by atoms with E-state index in [0.29, 0.717) is 21.8 Å². The van der Waals surface area contributed by atoms with Crippen LogP contribution in [0.25, 0.3) is 0 Å². The lowest BCUT2D eigenvalue weighted by molar-refractivity contribution is -0.138. The Morgan fingerprint density at radius 2 is 1.86 bits per heavy atom. The first kappa shape index (κ1) is 15.1. The molecule has 0 atom stereocenters. The Labute approximate surface area is 127 Å². The minimum Gasteiger partial charge on any atom is -0.468 e. The summed E-state index contributed by atoms with van der Waals surface area (Å²) in [5, 5.41) is 3.34. The van der Waals surface area contributed by atoms with E-state index in [0.717, 1.165) is 0 Å². The highest BCUT2D eigenvalue weighted by Crippen LogP contribution is 2.23. The first-order valence-electron chi connectivity index (χ1n) is 6.32. The fourth-order valence-corrected chi connectivity index (χ4v) is 2.02. The summed E-state index contributed by atoms with van der Waals surface area (Å²) < 4.78 is 4.57. The Balaban J connectivity index is 2.31. The molecule has 0 heterocycles. The van der Waals surface area contributed by atoms with Gasteiger partial charge in [-0.1, -0.05) is 41.9 Å². The van der Waals surface area contributed by atoms with E-state index in [-0.39, 0.29) is 12.3 Å². The van der Waals surface area contributed by atoms with Gasteiger partial charge in [-0.15, -0.1) is 0 Å². The maximum absolute atomic E-state index is 12.5. The highest BCUT2D eigenvalue weighted by molar-refractivity contribution is 6.31. The Morgan fingerprint density at radius 1 is 1.14 bits per heavy atom. The zero-order valence-electron chi connectivity index (χ0n) is 11.4. The van der Waals surface area contributed by atoms with Gasteiger partial charge in [-0.25, -0.2) is 0 Å². The minimum absolute atomic E-state index is 0.0206. The van der Waals surface area contributed by atoms with Gasteiger partial charge in [0.25, 0.3) is 0 Å². The molecular weight excluding hydrogens is 290 g/mol. The number of esters is 1. The first-order chi connectivity index (χ1) is 10.1. The number of hydrogen-bond acceptors (Lipinski definition) is 4. The second kappa shape index (κ2) is 6.90. The number of hydrogen-bond donors (Lipinski definition) is 1. The number of rotatable bonds is 5. The molecule has 0 aliphatic heterocycles. The van der Waals surface area contributed by atoms with Crippen molar-refractivity contribution in [3.8, 4) is 0 Å². The molecule has 0 unspecified atom stereocenters. The van der Waals surface area contributed by atoms with Crippen molar-refractivity contribution < 1.29 is 14.3 Å². The van der Waals surface area contributed by atoms with Gasteiger partial charge in [0.2, 0.25) is 0 Å². The van der Waals surface area contributed by atoms with E-state index in [4.69, 9.17) is 11.6 Å². The molecule has 0 saturated carbocycles. The number of nitrogens with one attached hydrogen (secondary N) is 1. The van der Waals surface area contributed by atoms with E-state index in [2.05, 4.69) is 10.1 Å². The first-order valence-corrected chi connectivity index (χ1v) is 6.69. The summed E-state index contributed by atoms with van der Waals surface area (Å²) in [4.78, 5) is 23.7. The van der Waals surface area contributed by atoms with Crippen molar-refractivity contribution in [1.82, 2.24) is 0 Å². The predicted octanol–water partition coefficient (Wildman–Crippen LogP) is 3.16. The second-order valence-electron chi connectivity index (χ2n) is 4.31. The molecular formula is C16H14ClNO3. The van der Waals surface area contributed by atoms with Crippen LogP contribution < -0.4 is 5.32 Å². The molecule has 4 nitrogen and oxygen atoms in total. The maximum atomic E-state index is 12.5. The summed E-state index contributed by atoms with van der Waals surface area (Å²) in [5.74, 6) is -0.575. The van der Waals surface area contributed by atoms with Gasteiger partial charge in [0.1, 0.15) is 6.54 Å². The van der Waals surface area contributed by atoms with Crippen molar-refractivity contribution in [1.29, 1.82) is 0 Å². The number of carbonyl (C=O) groups excluding carboxylic acids is 2. The summed E-state index contributed by atoms with van der Waals surface area (Å²) in [5.41, 5.74) is 1.51. The summed E-state index contributed by atoms with van der Waals surface area (Å²) in [6.45, 7) is -0.0206. The number of halogens is 1. The molecule has 0 radical (unpaired) electrons. The summed E-state index contributed by atoms with van der Waals surface area (Å²) >= 11 is 5.97. The van der Waals surface area contributed by atoms with Crippen molar-refractivity contribution in [2.75, 3.05) is 19.0 Å². The molecule has 0 aromatic heterocycles. The average molecular weight is 304 g/mol. The van der Waals surface area contributed by atoms with Gasteiger partial charge < -0.3 is 10.1 Å². The van der Waals surface area contributed by atoms with Crippen molar-refractivity contribution in [3.05, 3.63) is 64.7 Å². The molecule has 21 heavy (non-hydrogen) atoms. The Bertz CT molecular complexity index is 656. The van der Waals surface area contributed by atoms with Gasteiger partial charge in [0, 0.05) is 21.8 Å². The number of carbonyl (C=O) groups is 2. The third-order valence-electron chi connectivity index (χ3n) is 2.91. The van der Waals surface area contributed by atoms with Crippen molar-refractivity contribution in [2.24, 2.45) is 0 Å². The van der Waals surface area contributed by atoms with Crippen molar-refractivity contribution >= 4 is 29.0 Å². The van der Waals surface area contributed by atoms with Crippen LogP contribution in [0.15, 0.2) is 48.5 Å². The van der Waals surface area contributed by atoms with E-state index in [9.17, 15) is 9.59 Å². The molecule has 1 N–H and O–H groups in total. The molecule has 2 aromatic carbocycles. The van der Waals surface area contributed by atoms with Crippen LogP contribution in [0, 0.1) is 0 Å². The standard InChI is InChI=1S/C16H14ClNO3/c1-21-15(19)10-18-14-8-7-12(17)9-13(14)16(20)11-5-3-2-4-6-11/h2-9,18H,10H2,1H3. The smallest absolute Gasteiger partial charge is 0.325 e. The Hall–Kier alpha value is -2.33. The molecule has 2 aromatic rings. The Kier molecular flexibility index (Phi) is 4.95. The minimum atomic E-state index is -0.414. The van der Waals surface area contributed by atoms with E-state index < -0.39 is 5.97 Å². The van der Waals surface area contributed by atoms with Crippen LogP contribution in [0.1, 0.15) is 15.9 Å². The fourth-order valence-electron chi connectivity index (χ4n) is 1.84. The van der Waals surface area contributed by atoms with Gasteiger partial charge in [-0.3, -0.25) is 9.59 Å². The SMILES string of the molecule is COC(=O)CNc1ccc(Cl)cc1C(=O)c1ccccc1. The fraction of sp³-hybridized carbons (Fsp3) is 0.125. The third-order valence-corrected chi connectivity index (χ3v) is 3.15. The molecule has 0 bridgehead atoms. The molecule has 0 spiro atoms. The zero-order valence-corrected chi connectivity index (χ0v) is 12.2. The Morgan fingerprint density at radius 3 is 2.52 bits per heavy atom. The zero-order chi connectivity index (χ0) is 15.2. The van der Waals surface area contributed by atoms with Gasteiger partial charge in [-0.05, 0) is 18.2 Å². The number of ketones is 1. The topological polar surface area (TPSA) is 55.4 Å². The van der Waals surface area contributed by atoms with Crippen LogP contribution >= 0.6 is 11.6 Å². The lowest BCUT2D eigenvalue weighted by Gasteiger charge is -2.11. The van der Waals surface area contributed by atoms with E-state index in [1.54, 1.807) is 42.5 Å². The van der Waals surface area contributed by atoms with Crippen LogP contribution in [0.4, 0.5) is 5.69 Å². The van der Waals surface area contributed by atoms with Crippen LogP contribution in [-0.4, -0.2) is 25.4 Å². The van der Waals surface area contributed by atoms with Crippen LogP contribution in [-0.2, 0) is 9.53 Å². The maximum Gasteiger partial charge on any atom is 0.325 e. The summed E-state index contributed by atoms with van der Waals surface area (Å²) in [6.07, 6.45) is 0. The summed E-state index contributed by atoms with van der Waals surface area (Å²) in [6, 6.07) is 13.8. The second-order valence-corrected chi connectivity index (χ2v) is 4.75. The molecule has 0 amide bonds. The van der Waals surface area contributed by atoms with E-state index in [1.807, 2.05) is 6.07 Å². The highest BCUT2D eigenvalue weighted by Gasteiger charge is 2.14. The monoisotopic (exact) mass is 303 g/mol. The summed E-state index contributed by atoms with van der Waals surface area (Å²) in [7, 11) is 1.31. The number of anilines is 1. The lowest BCUT2D eigenvalue weighted by atomic mass is 10.0. The van der Waals surface area contributed by atoms with Crippen LogP contribution in [0.5, 0.6) is 0 Å². The number of benzene rings is 2. The highest BCUT2D eigenvalue weighted by atomic mass is 35.5. The van der Waals surface area contributed by atoms with E-state index in [1.165, 1.54) is 7.11 Å². The third kappa shape index (κ3) is 3.83. The molecule has 0 aliphatic rings. The molecule has 108 valence electrons. The van der Waals surface area contributed by atoms with Crippen LogP contribution in [0.3, 0.4) is 0 Å². The van der Waals surface area contributed by atoms with Gasteiger partial charge in [-0.2, -0.15) is 0 Å². The normalized spacial score (nSPS) is 10.0. The predicted molar refractivity (Wildman–Crippen MR) is 81.8 cm³/mol. The van der Waals surface area contributed by atoms with Gasteiger partial charge >= 0.3 is 5.97 Å².